The van der Waals surface area contributed by atoms with Gasteiger partial charge in [0.25, 0.3) is 0 Å². The molecule has 0 saturated carbocycles. The molecule has 0 aliphatic rings. The Morgan fingerprint density at radius 1 is 1.38 bits per heavy atom. The lowest BCUT2D eigenvalue weighted by Crippen LogP contribution is -2.26. The predicted octanol–water partition coefficient (Wildman–Crippen LogP) is 2.89. The van der Waals surface area contributed by atoms with Crippen LogP contribution in [0.4, 0.5) is 0 Å². The molecule has 0 bridgehead atoms. The quantitative estimate of drug-likeness (QED) is 0.740. The van der Waals surface area contributed by atoms with Gasteiger partial charge in [0, 0.05) is 25.9 Å². The normalized spacial score (nSPS) is 10.2. The largest absolute Gasteiger partial charge is 0.341 e. The van der Waals surface area contributed by atoms with Crippen molar-refractivity contribution >= 4 is 17.5 Å². The van der Waals surface area contributed by atoms with E-state index in [1.54, 1.807) is 4.90 Å². The Morgan fingerprint density at radius 2 is 2.06 bits per heavy atom. The summed E-state index contributed by atoms with van der Waals surface area (Å²) in [5.41, 5.74) is 3.64. The van der Waals surface area contributed by atoms with Gasteiger partial charge in [-0.25, -0.2) is 0 Å². The minimum atomic E-state index is 0.0934. The smallest absolute Gasteiger partial charge is 0.223 e. The number of carbonyl (C=O) groups excluding carboxylic acids is 1. The molecule has 0 N–H and O–H groups in total. The molecule has 3 heteroatoms. The fourth-order valence-corrected chi connectivity index (χ4v) is 1.75. The van der Waals surface area contributed by atoms with Crippen LogP contribution < -0.4 is 0 Å². The van der Waals surface area contributed by atoms with E-state index < -0.39 is 0 Å². The number of benzene rings is 1. The van der Waals surface area contributed by atoms with Crippen molar-refractivity contribution in [2.24, 2.45) is 0 Å². The maximum Gasteiger partial charge on any atom is 0.223 e. The second-order valence-electron chi connectivity index (χ2n) is 4.12. The third kappa shape index (κ3) is 3.53. The lowest BCUT2D eigenvalue weighted by Gasteiger charge is -2.18. The van der Waals surface area contributed by atoms with Crippen molar-refractivity contribution in [3.05, 3.63) is 34.9 Å². The first-order valence-electron chi connectivity index (χ1n) is 5.40. The predicted molar refractivity (Wildman–Crippen MR) is 67.7 cm³/mol. The lowest BCUT2D eigenvalue weighted by atomic mass is 10.1. The highest BCUT2D eigenvalue weighted by molar-refractivity contribution is 6.18. The summed E-state index contributed by atoms with van der Waals surface area (Å²) < 4.78 is 0. The van der Waals surface area contributed by atoms with Gasteiger partial charge in [0.1, 0.15) is 0 Å². The molecule has 1 amide bonds. The molecule has 16 heavy (non-hydrogen) atoms. The van der Waals surface area contributed by atoms with Crippen LogP contribution in [0.25, 0.3) is 0 Å². The molecule has 0 aliphatic carbocycles. The van der Waals surface area contributed by atoms with Crippen LogP contribution in [0.15, 0.2) is 18.2 Å². The van der Waals surface area contributed by atoms with Crippen molar-refractivity contribution in [2.75, 3.05) is 12.9 Å². The summed E-state index contributed by atoms with van der Waals surface area (Å²) in [7, 11) is 1.82. The summed E-state index contributed by atoms with van der Waals surface area (Å²) in [5, 5.41) is 0. The first-order valence-corrected chi connectivity index (χ1v) is 5.94. The second kappa shape index (κ2) is 5.90. The Balaban J connectivity index is 2.72. The topological polar surface area (TPSA) is 20.3 Å². The Labute approximate surface area is 102 Å². The van der Waals surface area contributed by atoms with E-state index in [1.165, 1.54) is 16.7 Å². The lowest BCUT2D eigenvalue weighted by molar-refractivity contribution is -0.129. The number of hydrogen-bond donors (Lipinski definition) is 0. The molecular weight excluding hydrogens is 222 g/mol. The number of alkyl halides is 1. The molecule has 0 atom stereocenters. The summed E-state index contributed by atoms with van der Waals surface area (Å²) >= 11 is 5.55. The molecule has 0 aliphatic heterocycles. The van der Waals surface area contributed by atoms with E-state index in [9.17, 15) is 4.79 Å². The van der Waals surface area contributed by atoms with Gasteiger partial charge < -0.3 is 4.90 Å². The first-order chi connectivity index (χ1) is 7.54. The maximum absolute atomic E-state index is 11.6. The second-order valence-corrected chi connectivity index (χ2v) is 4.50. The van der Waals surface area contributed by atoms with Gasteiger partial charge in [-0.3, -0.25) is 4.79 Å². The molecule has 2 nitrogen and oxygen atoms in total. The standard InChI is InChI=1S/C13H18ClNO/c1-10-4-5-11(2)12(8-10)9-15(3)13(16)6-7-14/h4-5,8H,6-7,9H2,1-3H3. The number of carbonyl (C=O) groups is 1. The molecule has 88 valence electrons. The van der Waals surface area contributed by atoms with Gasteiger partial charge >= 0.3 is 0 Å². The monoisotopic (exact) mass is 239 g/mol. The highest BCUT2D eigenvalue weighted by Crippen LogP contribution is 2.13. The van der Waals surface area contributed by atoms with E-state index in [4.69, 9.17) is 11.6 Å². The fraction of sp³-hybridized carbons (Fsp3) is 0.462. The summed E-state index contributed by atoms with van der Waals surface area (Å²) in [4.78, 5) is 13.3. The van der Waals surface area contributed by atoms with E-state index in [-0.39, 0.29) is 5.91 Å². The molecular formula is C13H18ClNO. The van der Waals surface area contributed by atoms with E-state index in [1.807, 2.05) is 7.05 Å². The zero-order chi connectivity index (χ0) is 12.1. The number of rotatable bonds is 4. The van der Waals surface area contributed by atoms with Gasteiger partial charge in [-0.1, -0.05) is 23.8 Å². The van der Waals surface area contributed by atoms with Crippen molar-refractivity contribution in [2.45, 2.75) is 26.8 Å². The van der Waals surface area contributed by atoms with E-state index >= 15 is 0 Å². The van der Waals surface area contributed by atoms with Crippen molar-refractivity contribution in [1.29, 1.82) is 0 Å². The van der Waals surface area contributed by atoms with Crippen LogP contribution in [0.2, 0.25) is 0 Å². The summed E-state index contributed by atoms with van der Waals surface area (Å²) in [6.45, 7) is 4.78. The summed E-state index contributed by atoms with van der Waals surface area (Å²) in [5.74, 6) is 0.478. The fourth-order valence-electron chi connectivity index (χ4n) is 1.59. The number of aryl methyl sites for hydroxylation is 2. The van der Waals surface area contributed by atoms with E-state index in [2.05, 4.69) is 32.0 Å². The maximum atomic E-state index is 11.6. The average molecular weight is 240 g/mol. The highest BCUT2D eigenvalue weighted by atomic mass is 35.5. The molecule has 0 spiro atoms. The van der Waals surface area contributed by atoms with Crippen LogP contribution >= 0.6 is 11.6 Å². The van der Waals surface area contributed by atoms with Gasteiger partial charge in [-0.15, -0.1) is 11.6 Å². The molecule has 0 unspecified atom stereocenters. The third-order valence-corrected chi connectivity index (χ3v) is 2.84. The number of amides is 1. The average Bonchev–Trinajstić information content (AvgIpc) is 2.23. The first kappa shape index (κ1) is 13.0. The Hall–Kier alpha value is -1.02. The van der Waals surface area contributed by atoms with Crippen molar-refractivity contribution in [1.82, 2.24) is 4.90 Å². The molecule has 0 saturated heterocycles. The molecule has 1 aromatic carbocycles. The van der Waals surface area contributed by atoms with Gasteiger partial charge in [-0.2, -0.15) is 0 Å². The number of nitrogens with zero attached hydrogens (tertiary/aromatic N) is 1. The number of hydrogen-bond acceptors (Lipinski definition) is 1. The van der Waals surface area contributed by atoms with Gasteiger partial charge in [-0.05, 0) is 25.0 Å². The van der Waals surface area contributed by atoms with Crippen molar-refractivity contribution in [3.63, 3.8) is 0 Å². The summed E-state index contributed by atoms with van der Waals surface area (Å²) in [6, 6.07) is 6.30. The molecule has 0 aromatic heterocycles. The van der Waals surface area contributed by atoms with Crippen LogP contribution in [0, 0.1) is 13.8 Å². The molecule has 0 fully saturated rings. The molecule has 1 aromatic rings. The molecule has 0 heterocycles. The number of halogens is 1. The Morgan fingerprint density at radius 3 is 2.69 bits per heavy atom. The van der Waals surface area contributed by atoms with Crippen LogP contribution in [-0.4, -0.2) is 23.7 Å². The van der Waals surface area contributed by atoms with Crippen LogP contribution in [-0.2, 0) is 11.3 Å². The van der Waals surface area contributed by atoms with Gasteiger partial charge in [0.05, 0.1) is 0 Å². The zero-order valence-electron chi connectivity index (χ0n) is 10.1. The minimum Gasteiger partial charge on any atom is -0.341 e. The van der Waals surface area contributed by atoms with Crippen LogP contribution in [0.5, 0.6) is 0 Å². The SMILES string of the molecule is Cc1ccc(C)c(CN(C)C(=O)CCCl)c1. The van der Waals surface area contributed by atoms with Crippen molar-refractivity contribution in [3.8, 4) is 0 Å². The Bertz CT molecular complexity index is 376. The highest BCUT2D eigenvalue weighted by Gasteiger charge is 2.09. The molecule has 1 rings (SSSR count). The minimum absolute atomic E-state index is 0.0934. The van der Waals surface area contributed by atoms with Gasteiger partial charge in [0.2, 0.25) is 5.91 Å². The molecule has 0 radical (unpaired) electrons. The summed E-state index contributed by atoms with van der Waals surface area (Å²) in [6.07, 6.45) is 0.406. The zero-order valence-corrected chi connectivity index (χ0v) is 10.8. The van der Waals surface area contributed by atoms with Crippen LogP contribution in [0.1, 0.15) is 23.1 Å². The van der Waals surface area contributed by atoms with Crippen LogP contribution in [0.3, 0.4) is 0 Å². The van der Waals surface area contributed by atoms with E-state index in [0.717, 1.165) is 0 Å². The van der Waals surface area contributed by atoms with Gasteiger partial charge in [0.15, 0.2) is 0 Å². The third-order valence-electron chi connectivity index (χ3n) is 2.65. The Kier molecular flexibility index (Phi) is 4.81. The van der Waals surface area contributed by atoms with Crippen molar-refractivity contribution < 1.29 is 4.79 Å². The van der Waals surface area contributed by atoms with E-state index in [0.29, 0.717) is 18.8 Å².